The standard InChI is InChI=1S/C32H47N7O9/c33-15-5-4-10-21(35-29(44)24-11-6-16-38(24)26(40)19-34)28(43)36-22(13-14-27(41)42)31(46)39-17-7-12-25(39)30(45)37-23(32(47)48)18-20-8-2-1-3-9-20/h1-3,8-9,21-25H,4-7,10-19,33-34H2,(H,35,44)(H,36,43)(H,37,45)(H,41,42)(H,47,48)/t21-,22-,23-,24-,25-/m0/s1. The fourth-order valence-corrected chi connectivity index (χ4v) is 6.10. The fraction of sp³-hybridized carbons (Fsp3) is 0.594. The van der Waals surface area contributed by atoms with Crippen LogP contribution < -0.4 is 27.4 Å². The van der Waals surface area contributed by atoms with Crippen molar-refractivity contribution < 1.29 is 43.8 Å². The van der Waals surface area contributed by atoms with Crippen molar-refractivity contribution in [3.05, 3.63) is 35.9 Å². The number of rotatable bonds is 18. The van der Waals surface area contributed by atoms with Gasteiger partial charge in [-0.1, -0.05) is 30.3 Å². The normalized spacial score (nSPS) is 19.2. The van der Waals surface area contributed by atoms with Gasteiger partial charge in [-0.3, -0.25) is 28.8 Å². The molecule has 2 saturated heterocycles. The lowest BCUT2D eigenvalue weighted by atomic mass is 10.0. The number of amides is 5. The van der Waals surface area contributed by atoms with Gasteiger partial charge in [0.1, 0.15) is 30.2 Å². The van der Waals surface area contributed by atoms with Gasteiger partial charge in [0.25, 0.3) is 0 Å². The van der Waals surface area contributed by atoms with Crippen LogP contribution in [0.4, 0.5) is 0 Å². The maximum absolute atomic E-state index is 13.8. The SMILES string of the molecule is NCCCC[C@H](NC(=O)[C@@H]1CCCN1C(=O)CN)C(=O)N[C@@H](CCC(=O)O)C(=O)N1CCC[C@H]1C(=O)N[C@@H](Cc1ccccc1)C(=O)O. The summed E-state index contributed by atoms with van der Waals surface area (Å²) in [7, 11) is 0. The third-order valence-electron chi connectivity index (χ3n) is 8.63. The maximum Gasteiger partial charge on any atom is 0.326 e. The highest BCUT2D eigenvalue weighted by Gasteiger charge is 2.40. The summed E-state index contributed by atoms with van der Waals surface area (Å²) in [5.74, 6) is -5.49. The van der Waals surface area contributed by atoms with Crippen LogP contribution in [0.1, 0.15) is 63.4 Å². The molecule has 3 rings (SSSR count). The van der Waals surface area contributed by atoms with Crippen molar-refractivity contribution in [2.45, 2.75) is 94.4 Å². The molecule has 1 aromatic carbocycles. The number of carbonyl (C=O) groups is 7. The first-order valence-electron chi connectivity index (χ1n) is 16.4. The highest BCUT2D eigenvalue weighted by Crippen LogP contribution is 2.21. The molecular weight excluding hydrogens is 626 g/mol. The van der Waals surface area contributed by atoms with E-state index in [1.165, 1.54) is 9.80 Å². The van der Waals surface area contributed by atoms with Crippen LogP contribution in [0, 0.1) is 0 Å². The van der Waals surface area contributed by atoms with Gasteiger partial charge in [0, 0.05) is 25.9 Å². The molecule has 5 amide bonds. The number of unbranched alkanes of at least 4 members (excludes halogenated alkanes) is 1. The van der Waals surface area contributed by atoms with Crippen molar-refractivity contribution in [3.8, 4) is 0 Å². The zero-order valence-corrected chi connectivity index (χ0v) is 27.0. The van der Waals surface area contributed by atoms with E-state index in [9.17, 15) is 43.8 Å². The van der Waals surface area contributed by atoms with Crippen LogP contribution >= 0.6 is 0 Å². The lowest BCUT2D eigenvalue weighted by Gasteiger charge is -2.31. The lowest BCUT2D eigenvalue weighted by Crippen LogP contribution is -2.58. The molecule has 16 nitrogen and oxygen atoms in total. The van der Waals surface area contributed by atoms with E-state index in [4.69, 9.17) is 11.5 Å². The molecule has 0 radical (unpaired) electrons. The number of likely N-dealkylation sites (tertiary alicyclic amines) is 2. The number of nitrogens with zero attached hydrogens (tertiary/aromatic N) is 2. The van der Waals surface area contributed by atoms with Gasteiger partial charge in [-0.05, 0) is 63.5 Å². The predicted molar refractivity (Wildman–Crippen MR) is 172 cm³/mol. The molecule has 5 atom stereocenters. The molecule has 2 aliphatic heterocycles. The van der Waals surface area contributed by atoms with Crippen molar-refractivity contribution >= 4 is 41.5 Å². The minimum Gasteiger partial charge on any atom is -0.481 e. The van der Waals surface area contributed by atoms with E-state index in [0.29, 0.717) is 50.8 Å². The van der Waals surface area contributed by atoms with E-state index >= 15 is 0 Å². The number of nitrogens with two attached hydrogens (primary N) is 2. The van der Waals surface area contributed by atoms with Gasteiger partial charge in [-0.25, -0.2) is 4.79 Å². The Balaban J connectivity index is 1.75. The summed E-state index contributed by atoms with van der Waals surface area (Å²) >= 11 is 0. The average Bonchev–Trinajstić information content (AvgIpc) is 3.76. The largest absolute Gasteiger partial charge is 0.481 e. The third-order valence-corrected chi connectivity index (χ3v) is 8.63. The van der Waals surface area contributed by atoms with E-state index in [2.05, 4.69) is 16.0 Å². The first kappa shape index (κ1) is 37.9. The average molecular weight is 674 g/mol. The van der Waals surface area contributed by atoms with E-state index in [1.807, 2.05) is 0 Å². The Morgan fingerprint density at radius 2 is 1.38 bits per heavy atom. The zero-order valence-electron chi connectivity index (χ0n) is 27.0. The Morgan fingerprint density at radius 3 is 1.96 bits per heavy atom. The van der Waals surface area contributed by atoms with E-state index in [-0.39, 0.29) is 38.8 Å². The molecule has 0 aliphatic carbocycles. The highest BCUT2D eigenvalue weighted by molar-refractivity contribution is 5.96. The minimum absolute atomic E-state index is 0.0239. The number of hydrogen-bond donors (Lipinski definition) is 7. The van der Waals surface area contributed by atoms with Gasteiger partial charge >= 0.3 is 11.9 Å². The van der Waals surface area contributed by atoms with Crippen LogP contribution in [-0.4, -0.2) is 118 Å². The zero-order chi connectivity index (χ0) is 35.2. The lowest BCUT2D eigenvalue weighted by molar-refractivity contribution is -0.145. The molecule has 2 heterocycles. The highest BCUT2D eigenvalue weighted by atomic mass is 16.4. The summed E-state index contributed by atoms with van der Waals surface area (Å²) in [6.07, 6.45) is 2.08. The van der Waals surface area contributed by atoms with E-state index in [1.54, 1.807) is 30.3 Å². The third kappa shape index (κ3) is 10.7. The summed E-state index contributed by atoms with van der Waals surface area (Å²) < 4.78 is 0. The summed E-state index contributed by atoms with van der Waals surface area (Å²) in [5, 5.41) is 27.0. The summed E-state index contributed by atoms with van der Waals surface area (Å²) in [5.41, 5.74) is 11.8. The Kier molecular flexibility index (Phi) is 14.7. The first-order chi connectivity index (χ1) is 23.0. The molecule has 0 unspecified atom stereocenters. The van der Waals surface area contributed by atoms with Crippen molar-refractivity contribution in [3.63, 3.8) is 0 Å². The molecular formula is C32H47N7O9. The van der Waals surface area contributed by atoms with Crippen LogP contribution in [-0.2, 0) is 40.0 Å². The van der Waals surface area contributed by atoms with Gasteiger partial charge in [-0.2, -0.15) is 0 Å². The number of nitrogens with one attached hydrogen (secondary N) is 3. The maximum atomic E-state index is 13.8. The van der Waals surface area contributed by atoms with Gasteiger partial charge in [0.15, 0.2) is 0 Å². The second kappa shape index (κ2) is 18.7. The monoisotopic (exact) mass is 673 g/mol. The number of benzene rings is 1. The van der Waals surface area contributed by atoms with Crippen molar-refractivity contribution in [2.75, 3.05) is 26.2 Å². The summed E-state index contributed by atoms with van der Waals surface area (Å²) in [6, 6.07) is 3.18. The van der Waals surface area contributed by atoms with Crippen molar-refractivity contribution in [1.82, 2.24) is 25.8 Å². The molecule has 0 saturated carbocycles. The number of carbonyl (C=O) groups excluding carboxylic acids is 5. The molecule has 0 spiro atoms. The molecule has 0 aromatic heterocycles. The van der Waals surface area contributed by atoms with Crippen LogP contribution in [0.25, 0.3) is 0 Å². The summed E-state index contributed by atoms with van der Waals surface area (Å²) in [6.45, 7) is 0.567. The molecule has 264 valence electrons. The molecule has 1 aromatic rings. The number of hydrogen-bond acceptors (Lipinski definition) is 9. The quantitative estimate of drug-likeness (QED) is 0.0902. The molecule has 16 heteroatoms. The molecule has 0 bridgehead atoms. The predicted octanol–water partition coefficient (Wildman–Crippen LogP) is -1.30. The van der Waals surface area contributed by atoms with Crippen LogP contribution in [0.15, 0.2) is 30.3 Å². The van der Waals surface area contributed by atoms with Crippen molar-refractivity contribution in [1.29, 1.82) is 0 Å². The number of carboxylic acids is 2. The minimum atomic E-state index is -1.35. The van der Waals surface area contributed by atoms with Gasteiger partial charge in [-0.15, -0.1) is 0 Å². The van der Waals surface area contributed by atoms with Crippen LogP contribution in [0.2, 0.25) is 0 Å². The fourth-order valence-electron chi connectivity index (χ4n) is 6.10. The van der Waals surface area contributed by atoms with Crippen LogP contribution in [0.3, 0.4) is 0 Å². The van der Waals surface area contributed by atoms with Gasteiger partial charge in [0.05, 0.1) is 6.54 Å². The smallest absolute Gasteiger partial charge is 0.326 e. The Bertz CT molecular complexity index is 1310. The Morgan fingerprint density at radius 1 is 0.771 bits per heavy atom. The Labute approximate surface area is 278 Å². The molecule has 2 aliphatic rings. The van der Waals surface area contributed by atoms with Gasteiger partial charge in [0.2, 0.25) is 29.5 Å². The second-order valence-electron chi connectivity index (χ2n) is 12.1. The Hall–Kier alpha value is -4.57. The van der Waals surface area contributed by atoms with E-state index < -0.39 is 78.1 Å². The second-order valence-corrected chi connectivity index (χ2v) is 12.1. The van der Waals surface area contributed by atoms with Crippen molar-refractivity contribution in [2.24, 2.45) is 11.5 Å². The summed E-state index contributed by atoms with van der Waals surface area (Å²) in [4.78, 5) is 92.4. The number of aliphatic carboxylic acids is 2. The van der Waals surface area contributed by atoms with E-state index in [0.717, 1.165) is 0 Å². The topological polar surface area (TPSA) is 255 Å². The first-order valence-corrected chi connectivity index (χ1v) is 16.4. The molecule has 9 N–H and O–H groups in total. The molecule has 48 heavy (non-hydrogen) atoms. The van der Waals surface area contributed by atoms with Crippen LogP contribution in [0.5, 0.6) is 0 Å². The number of carboxylic acid groups (broad SMARTS) is 2. The van der Waals surface area contributed by atoms with Gasteiger partial charge < -0.3 is 47.4 Å². The molecule has 2 fully saturated rings.